The molecule has 0 bridgehead atoms. The van der Waals surface area contributed by atoms with Gasteiger partial charge in [0, 0.05) is 26.3 Å². The number of carbonyl (C=O) groups excluding carboxylic acids is 1. The molecule has 1 amide bonds. The summed E-state index contributed by atoms with van der Waals surface area (Å²) in [4.78, 5) is 14.3. The summed E-state index contributed by atoms with van der Waals surface area (Å²) >= 11 is 0. The number of nitrogens with zero attached hydrogens (tertiary/aromatic N) is 3. The lowest BCUT2D eigenvalue weighted by Crippen LogP contribution is -2.35. The maximum absolute atomic E-state index is 12.4. The summed E-state index contributed by atoms with van der Waals surface area (Å²) in [5.74, 6) is 0.175. The largest absolute Gasteiger partial charge is 0.338 e. The molecule has 0 atom stereocenters. The number of aromatic nitrogens is 2. The zero-order chi connectivity index (χ0) is 16.4. The van der Waals surface area contributed by atoms with E-state index in [9.17, 15) is 4.79 Å². The van der Waals surface area contributed by atoms with Crippen molar-refractivity contribution in [3.63, 3.8) is 0 Å². The number of aryl methyl sites for hydroxylation is 3. The van der Waals surface area contributed by atoms with Gasteiger partial charge < -0.3 is 4.90 Å². The second-order valence-electron chi connectivity index (χ2n) is 6.39. The minimum atomic E-state index is 0.175. The Morgan fingerprint density at radius 2 is 1.96 bits per heavy atom. The summed E-state index contributed by atoms with van der Waals surface area (Å²) < 4.78 is 1.73. The molecule has 1 aromatic carbocycles. The van der Waals surface area contributed by atoms with Gasteiger partial charge in [-0.1, -0.05) is 35.4 Å². The molecule has 0 saturated carbocycles. The monoisotopic (exact) mass is 309 g/mol. The van der Waals surface area contributed by atoms with E-state index in [1.807, 2.05) is 18.1 Å². The zero-order valence-electron chi connectivity index (χ0n) is 14.0. The number of benzene rings is 1. The van der Waals surface area contributed by atoms with Crippen LogP contribution < -0.4 is 0 Å². The van der Waals surface area contributed by atoms with Gasteiger partial charge in [0.2, 0.25) is 5.91 Å². The van der Waals surface area contributed by atoms with Gasteiger partial charge in [-0.25, -0.2) is 0 Å². The maximum atomic E-state index is 12.4. The second-order valence-corrected chi connectivity index (χ2v) is 6.39. The van der Waals surface area contributed by atoms with Crippen LogP contribution in [0.4, 0.5) is 0 Å². The van der Waals surface area contributed by atoms with Crippen LogP contribution in [0, 0.1) is 13.8 Å². The number of hydrogen-bond acceptors (Lipinski definition) is 2. The minimum absolute atomic E-state index is 0.175. The summed E-state index contributed by atoms with van der Waals surface area (Å²) in [6, 6.07) is 6.65. The molecule has 3 rings (SSSR count). The van der Waals surface area contributed by atoms with Crippen LogP contribution in [0.1, 0.15) is 28.7 Å². The molecule has 4 heteroatoms. The number of carbonyl (C=O) groups is 1. The molecule has 0 unspecified atom stereocenters. The molecular formula is C19H23N3O. The van der Waals surface area contributed by atoms with Crippen LogP contribution in [0.25, 0.3) is 5.57 Å². The van der Waals surface area contributed by atoms with Crippen molar-refractivity contribution < 1.29 is 4.79 Å². The highest BCUT2D eigenvalue weighted by Gasteiger charge is 2.18. The van der Waals surface area contributed by atoms with Gasteiger partial charge in [0.15, 0.2) is 0 Å². The Balaban J connectivity index is 1.66. The highest BCUT2D eigenvalue weighted by atomic mass is 16.2. The quantitative estimate of drug-likeness (QED) is 0.874. The van der Waals surface area contributed by atoms with Gasteiger partial charge >= 0.3 is 0 Å². The zero-order valence-corrected chi connectivity index (χ0v) is 14.0. The molecule has 0 saturated heterocycles. The predicted octanol–water partition coefficient (Wildman–Crippen LogP) is 2.90. The van der Waals surface area contributed by atoms with Gasteiger partial charge in [-0.2, -0.15) is 5.10 Å². The lowest BCUT2D eigenvalue weighted by atomic mass is 9.96. The first-order valence-corrected chi connectivity index (χ1v) is 8.04. The molecule has 0 aliphatic carbocycles. The Morgan fingerprint density at radius 1 is 1.22 bits per heavy atom. The van der Waals surface area contributed by atoms with Gasteiger partial charge in [0.05, 0.1) is 12.6 Å². The fourth-order valence-electron chi connectivity index (χ4n) is 3.17. The van der Waals surface area contributed by atoms with Gasteiger partial charge in [-0.3, -0.25) is 9.48 Å². The highest BCUT2D eigenvalue weighted by Crippen LogP contribution is 2.24. The Hall–Kier alpha value is -2.36. The molecule has 1 aliphatic rings. The van der Waals surface area contributed by atoms with Crippen LogP contribution in [0.3, 0.4) is 0 Å². The average molecular weight is 309 g/mol. The molecule has 1 aromatic heterocycles. The number of amides is 1. The molecule has 2 heterocycles. The SMILES string of the molecule is Cc1cc(C)cc(C2=CCN(C(=O)Cc3cnn(C)c3)CC2)c1. The van der Waals surface area contributed by atoms with Crippen molar-refractivity contribution in [2.75, 3.05) is 13.1 Å². The van der Waals surface area contributed by atoms with E-state index < -0.39 is 0 Å². The molecule has 4 nitrogen and oxygen atoms in total. The van der Waals surface area contributed by atoms with Crippen molar-refractivity contribution in [1.82, 2.24) is 14.7 Å². The molecule has 0 fully saturated rings. The fourth-order valence-corrected chi connectivity index (χ4v) is 3.17. The van der Waals surface area contributed by atoms with Crippen LogP contribution in [0.15, 0.2) is 36.7 Å². The Morgan fingerprint density at radius 3 is 2.52 bits per heavy atom. The van der Waals surface area contributed by atoms with Crippen molar-refractivity contribution in [1.29, 1.82) is 0 Å². The van der Waals surface area contributed by atoms with Crippen molar-refractivity contribution in [2.45, 2.75) is 26.7 Å². The molecular weight excluding hydrogens is 286 g/mol. The lowest BCUT2D eigenvalue weighted by molar-refractivity contribution is -0.130. The first kappa shape index (κ1) is 15.5. The van der Waals surface area contributed by atoms with E-state index in [-0.39, 0.29) is 5.91 Å². The van der Waals surface area contributed by atoms with Crippen LogP contribution >= 0.6 is 0 Å². The van der Waals surface area contributed by atoms with Gasteiger partial charge in [0.25, 0.3) is 0 Å². The van der Waals surface area contributed by atoms with Crippen molar-refractivity contribution >= 4 is 11.5 Å². The van der Waals surface area contributed by atoms with E-state index in [4.69, 9.17) is 0 Å². The molecule has 0 spiro atoms. The molecule has 2 aromatic rings. The van der Waals surface area contributed by atoms with Crippen LogP contribution in [-0.4, -0.2) is 33.7 Å². The first-order chi connectivity index (χ1) is 11.0. The average Bonchev–Trinajstić information content (AvgIpc) is 2.91. The second kappa shape index (κ2) is 6.41. The van der Waals surface area contributed by atoms with Crippen molar-refractivity contribution in [3.05, 3.63) is 58.9 Å². The number of hydrogen-bond donors (Lipinski definition) is 0. The normalized spacial score (nSPS) is 14.7. The van der Waals surface area contributed by atoms with Crippen LogP contribution in [0.5, 0.6) is 0 Å². The molecule has 0 N–H and O–H groups in total. The first-order valence-electron chi connectivity index (χ1n) is 8.04. The third kappa shape index (κ3) is 3.70. The third-order valence-electron chi connectivity index (χ3n) is 4.27. The summed E-state index contributed by atoms with van der Waals surface area (Å²) in [7, 11) is 1.87. The van der Waals surface area contributed by atoms with E-state index in [1.165, 1.54) is 22.3 Å². The summed E-state index contributed by atoms with van der Waals surface area (Å²) in [6.45, 7) is 5.74. The Kier molecular flexibility index (Phi) is 4.33. The topological polar surface area (TPSA) is 38.1 Å². The molecule has 0 radical (unpaired) electrons. The van der Waals surface area contributed by atoms with Crippen LogP contribution in [-0.2, 0) is 18.3 Å². The highest BCUT2D eigenvalue weighted by molar-refractivity contribution is 5.80. The van der Waals surface area contributed by atoms with E-state index in [1.54, 1.807) is 10.9 Å². The molecule has 23 heavy (non-hydrogen) atoms. The van der Waals surface area contributed by atoms with Crippen LogP contribution in [0.2, 0.25) is 0 Å². The van der Waals surface area contributed by atoms with E-state index in [0.717, 1.165) is 18.5 Å². The standard InChI is InChI=1S/C19H23N3O/c1-14-8-15(2)10-18(9-14)17-4-6-22(7-5-17)19(23)11-16-12-20-21(3)13-16/h4,8-10,12-13H,5-7,11H2,1-3H3. The van der Waals surface area contributed by atoms with E-state index >= 15 is 0 Å². The maximum Gasteiger partial charge on any atom is 0.227 e. The number of rotatable bonds is 3. The lowest BCUT2D eigenvalue weighted by Gasteiger charge is -2.27. The molecule has 1 aliphatic heterocycles. The summed E-state index contributed by atoms with van der Waals surface area (Å²) in [5, 5.41) is 4.12. The molecule has 120 valence electrons. The predicted molar refractivity (Wildman–Crippen MR) is 92.0 cm³/mol. The van der Waals surface area contributed by atoms with E-state index in [2.05, 4.69) is 43.2 Å². The van der Waals surface area contributed by atoms with Gasteiger partial charge in [-0.05, 0) is 37.0 Å². The Labute approximate surface area is 137 Å². The fraction of sp³-hybridized carbons (Fsp3) is 0.368. The summed E-state index contributed by atoms with van der Waals surface area (Å²) in [6.07, 6.45) is 7.21. The van der Waals surface area contributed by atoms with Gasteiger partial charge in [0.1, 0.15) is 0 Å². The third-order valence-corrected chi connectivity index (χ3v) is 4.27. The van der Waals surface area contributed by atoms with E-state index in [0.29, 0.717) is 13.0 Å². The van der Waals surface area contributed by atoms with Crippen molar-refractivity contribution in [2.24, 2.45) is 7.05 Å². The van der Waals surface area contributed by atoms with Crippen molar-refractivity contribution in [3.8, 4) is 0 Å². The van der Waals surface area contributed by atoms with Gasteiger partial charge in [-0.15, -0.1) is 0 Å². The summed E-state index contributed by atoms with van der Waals surface area (Å²) in [5.41, 5.74) is 6.19. The minimum Gasteiger partial charge on any atom is -0.338 e. The smallest absolute Gasteiger partial charge is 0.227 e. The Bertz CT molecular complexity index is 737.